The first-order valence-corrected chi connectivity index (χ1v) is 3.02. The van der Waals surface area contributed by atoms with Crippen molar-refractivity contribution in [3.05, 3.63) is 17.0 Å². The second kappa shape index (κ2) is 2.06. The first-order chi connectivity index (χ1) is 4.20. The molecule has 4 heteroatoms. The molecular weight excluding hydrogens is 138 g/mol. The molecule has 0 bridgehead atoms. The Kier molecular flexibility index (Phi) is 1.40. The Morgan fingerprint density at radius 2 is 2.56 bits per heavy atom. The van der Waals surface area contributed by atoms with E-state index in [1.165, 1.54) is 6.07 Å². The van der Waals surface area contributed by atoms with Crippen molar-refractivity contribution in [1.29, 1.82) is 0 Å². The summed E-state index contributed by atoms with van der Waals surface area (Å²) in [5.41, 5.74) is 5.38. The summed E-state index contributed by atoms with van der Waals surface area (Å²) < 4.78 is 0. The van der Waals surface area contributed by atoms with E-state index in [9.17, 15) is 4.79 Å². The maximum Gasteiger partial charge on any atom is 0.337 e. The third-order valence-electron chi connectivity index (χ3n) is 0.796. The Morgan fingerprint density at radius 3 is 2.78 bits per heavy atom. The van der Waals surface area contributed by atoms with Gasteiger partial charge in [-0.15, -0.1) is 11.3 Å². The number of nitrogen functional groups attached to an aromatic ring is 1. The highest BCUT2D eigenvalue weighted by molar-refractivity contribution is 7.13. The average Bonchev–Trinajstić information content (AvgIpc) is 2.14. The van der Waals surface area contributed by atoms with Crippen LogP contribution in [0.2, 0.25) is 0 Å². The number of carbonyl (C=O) groups is 1. The van der Waals surface area contributed by atoms with Gasteiger partial charge in [-0.1, -0.05) is 0 Å². The molecule has 47 valence electrons. The number of carboxylic acid groups (broad SMARTS) is 1. The van der Waals surface area contributed by atoms with Crippen molar-refractivity contribution in [2.45, 2.75) is 0 Å². The molecule has 9 heavy (non-hydrogen) atoms. The molecule has 0 saturated carbocycles. The number of thiophene rings is 1. The first kappa shape index (κ1) is 6.10. The largest absolute Gasteiger partial charge is 0.478 e. The fourth-order valence-corrected chi connectivity index (χ4v) is 0.971. The summed E-state index contributed by atoms with van der Waals surface area (Å²) in [6.07, 6.45) is 0. The normalized spacial score (nSPS) is 9.33. The molecule has 1 aromatic heterocycles. The van der Waals surface area contributed by atoms with Gasteiger partial charge in [0.25, 0.3) is 0 Å². The van der Waals surface area contributed by atoms with Crippen LogP contribution in [0.25, 0.3) is 0 Å². The molecule has 0 saturated heterocycles. The Morgan fingerprint density at radius 1 is 1.89 bits per heavy atom. The standard InChI is InChI=1S/C5H4NO2S/c6-4-1-3(2-9-4)5(7)8/h1H,6H2,(H,7,8). The predicted octanol–water partition coefficient (Wildman–Crippen LogP) is 0.829. The molecule has 1 heterocycles. The van der Waals surface area contributed by atoms with Gasteiger partial charge in [0.2, 0.25) is 0 Å². The Hall–Kier alpha value is -1.03. The lowest BCUT2D eigenvalue weighted by atomic mass is 10.3. The molecule has 1 radical (unpaired) electrons. The minimum Gasteiger partial charge on any atom is -0.478 e. The Labute approximate surface area is 55.7 Å². The van der Waals surface area contributed by atoms with E-state index in [0.717, 1.165) is 11.3 Å². The highest BCUT2D eigenvalue weighted by Gasteiger charge is 2.03. The molecule has 0 unspecified atom stereocenters. The number of hydrogen-bond donors (Lipinski definition) is 2. The van der Waals surface area contributed by atoms with Crippen LogP contribution in [0.3, 0.4) is 0 Å². The number of nitrogens with two attached hydrogens (primary N) is 1. The van der Waals surface area contributed by atoms with E-state index < -0.39 is 5.97 Å². The lowest BCUT2D eigenvalue weighted by molar-refractivity contribution is 0.0697. The van der Waals surface area contributed by atoms with Crippen LogP contribution in [0.5, 0.6) is 0 Å². The van der Waals surface area contributed by atoms with E-state index in [4.69, 9.17) is 10.8 Å². The van der Waals surface area contributed by atoms with Crippen LogP contribution in [0.4, 0.5) is 5.00 Å². The van der Waals surface area contributed by atoms with E-state index in [1.807, 2.05) is 0 Å². The van der Waals surface area contributed by atoms with Gasteiger partial charge < -0.3 is 10.8 Å². The fraction of sp³-hybridized carbons (Fsp3) is 0. The van der Waals surface area contributed by atoms with Crippen LogP contribution >= 0.6 is 11.3 Å². The molecule has 1 rings (SSSR count). The molecule has 0 spiro atoms. The van der Waals surface area contributed by atoms with E-state index in [2.05, 4.69) is 5.38 Å². The van der Waals surface area contributed by atoms with Crippen molar-refractivity contribution < 1.29 is 9.90 Å². The minimum absolute atomic E-state index is 0.137. The van der Waals surface area contributed by atoms with Gasteiger partial charge in [0.05, 0.1) is 15.9 Å². The molecule has 0 amide bonds. The topological polar surface area (TPSA) is 63.3 Å². The fourth-order valence-electron chi connectivity index (χ4n) is 0.420. The molecule has 0 aliphatic rings. The second-order valence-electron chi connectivity index (χ2n) is 1.47. The van der Waals surface area contributed by atoms with E-state index in [0.29, 0.717) is 5.00 Å². The molecule has 3 nitrogen and oxygen atoms in total. The maximum atomic E-state index is 10.1. The average molecular weight is 142 g/mol. The van der Waals surface area contributed by atoms with Crippen LogP contribution in [-0.4, -0.2) is 11.1 Å². The van der Waals surface area contributed by atoms with Crippen molar-refractivity contribution in [2.24, 2.45) is 0 Å². The lowest BCUT2D eigenvalue weighted by Gasteiger charge is -1.79. The van der Waals surface area contributed by atoms with Crippen molar-refractivity contribution in [3.8, 4) is 0 Å². The van der Waals surface area contributed by atoms with Crippen LogP contribution in [0.15, 0.2) is 6.07 Å². The molecule has 3 N–H and O–H groups in total. The SMILES string of the molecule is Nc1cc(C(=O)O)[c]s1. The number of hydrogen-bond acceptors (Lipinski definition) is 3. The summed E-state index contributed by atoms with van der Waals surface area (Å²) >= 11 is 1.10. The van der Waals surface area contributed by atoms with Crippen LogP contribution in [0, 0.1) is 5.38 Å². The molecule has 0 fully saturated rings. The Bertz CT molecular complexity index is 231. The van der Waals surface area contributed by atoms with Gasteiger partial charge in [0.1, 0.15) is 0 Å². The molecule has 0 aliphatic heterocycles. The van der Waals surface area contributed by atoms with Crippen molar-refractivity contribution in [1.82, 2.24) is 0 Å². The number of aromatic carboxylic acids is 1. The van der Waals surface area contributed by atoms with Crippen molar-refractivity contribution in [3.63, 3.8) is 0 Å². The van der Waals surface area contributed by atoms with Gasteiger partial charge in [0, 0.05) is 0 Å². The number of rotatable bonds is 1. The van der Waals surface area contributed by atoms with Crippen molar-refractivity contribution >= 4 is 22.3 Å². The maximum absolute atomic E-state index is 10.1. The monoisotopic (exact) mass is 142 g/mol. The summed E-state index contributed by atoms with van der Waals surface area (Å²) in [6.45, 7) is 0. The second-order valence-corrected chi connectivity index (χ2v) is 2.35. The van der Waals surface area contributed by atoms with Gasteiger partial charge in [-0.3, -0.25) is 0 Å². The molecular formula is C5H4NO2S. The van der Waals surface area contributed by atoms with Gasteiger partial charge >= 0.3 is 5.97 Å². The van der Waals surface area contributed by atoms with Gasteiger partial charge in [-0.25, -0.2) is 4.79 Å². The van der Waals surface area contributed by atoms with E-state index in [-0.39, 0.29) is 5.56 Å². The summed E-state index contributed by atoms with van der Waals surface area (Å²) in [5.74, 6) is -0.983. The summed E-state index contributed by atoms with van der Waals surface area (Å²) in [4.78, 5) is 10.1. The summed E-state index contributed by atoms with van der Waals surface area (Å²) in [6, 6.07) is 1.38. The zero-order chi connectivity index (χ0) is 6.85. The highest BCUT2D eigenvalue weighted by atomic mass is 32.1. The quantitative estimate of drug-likeness (QED) is 0.610. The highest BCUT2D eigenvalue weighted by Crippen LogP contribution is 2.14. The molecule has 0 aromatic carbocycles. The van der Waals surface area contributed by atoms with Crippen molar-refractivity contribution in [2.75, 3.05) is 5.73 Å². The number of carboxylic acids is 1. The predicted molar refractivity (Wildman–Crippen MR) is 34.5 cm³/mol. The summed E-state index contributed by atoms with van der Waals surface area (Å²) in [5, 5.41) is 11.3. The van der Waals surface area contributed by atoms with Crippen LogP contribution < -0.4 is 5.73 Å². The zero-order valence-corrected chi connectivity index (χ0v) is 5.23. The Balaban J connectivity index is 2.98. The molecule has 0 atom stereocenters. The molecule has 1 aromatic rings. The third kappa shape index (κ3) is 1.20. The smallest absolute Gasteiger partial charge is 0.337 e. The lowest BCUT2D eigenvalue weighted by Crippen LogP contribution is -1.92. The summed E-state index contributed by atoms with van der Waals surface area (Å²) in [7, 11) is 0. The van der Waals surface area contributed by atoms with Gasteiger partial charge in [-0.05, 0) is 6.07 Å². The van der Waals surface area contributed by atoms with Gasteiger partial charge in [0.15, 0.2) is 0 Å². The van der Waals surface area contributed by atoms with E-state index >= 15 is 0 Å². The minimum atomic E-state index is -0.983. The zero-order valence-electron chi connectivity index (χ0n) is 4.42. The third-order valence-corrected chi connectivity index (χ3v) is 1.47. The van der Waals surface area contributed by atoms with Crippen LogP contribution in [-0.2, 0) is 0 Å². The first-order valence-electron chi connectivity index (χ1n) is 2.20. The van der Waals surface area contributed by atoms with Gasteiger partial charge in [-0.2, -0.15) is 0 Å². The molecule has 0 aliphatic carbocycles. The van der Waals surface area contributed by atoms with E-state index in [1.54, 1.807) is 0 Å². The van der Waals surface area contributed by atoms with Crippen LogP contribution in [0.1, 0.15) is 10.4 Å². The number of anilines is 1.